The molecule has 0 N–H and O–H groups in total. The van der Waals surface area contributed by atoms with Gasteiger partial charge in [0.2, 0.25) is 0 Å². The third-order valence-corrected chi connectivity index (χ3v) is 8.73. The van der Waals surface area contributed by atoms with Crippen molar-refractivity contribution in [3.05, 3.63) is 23.8 Å². The van der Waals surface area contributed by atoms with Crippen molar-refractivity contribution in [3.63, 3.8) is 0 Å². The Hall–Kier alpha value is -0.820. The number of fused-ring (bicyclic) bond motifs is 2. The molecule has 32 heavy (non-hydrogen) atoms. The van der Waals surface area contributed by atoms with E-state index in [0.29, 0.717) is 5.41 Å². The highest BCUT2D eigenvalue weighted by Crippen LogP contribution is 2.61. The Balaban J connectivity index is 0.00000289. The Morgan fingerprint density at radius 2 is 1.78 bits per heavy atom. The van der Waals surface area contributed by atoms with E-state index in [2.05, 4.69) is 26.0 Å². The van der Waals surface area contributed by atoms with Crippen molar-refractivity contribution in [1.29, 1.82) is 0 Å². The normalized spacial score (nSPS) is 27.7. The highest BCUT2D eigenvalue weighted by Gasteiger charge is 2.53. The van der Waals surface area contributed by atoms with Crippen LogP contribution in [0.1, 0.15) is 45.1 Å². The standard InChI is InChI=1S/C26H42NO4.BrH/c1-26(2)22-7-6-21(23(26)18-22)9-13-30-14-10-27(11-15-31-16-12-27)19-20-5-8-24(28-3)25(17-20)29-4;/h5,8,17,21-23H,6-7,9-16,18-19H2,1-4H3;1H/q+1;/p-1. The number of morpholine rings is 1. The van der Waals surface area contributed by atoms with Gasteiger partial charge in [0.05, 0.1) is 34.0 Å². The molecule has 4 fully saturated rings. The minimum atomic E-state index is 0. The molecule has 1 aliphatic heterocycles. The van der Waals surface area contributed by atoms with Gasteiger partial charge in [-0.2, -0.15) is 0 Å². The topological polar surface area (TPSA) is 36.9 Å². The first kappa shape index (κ1) is 25.8. The monoisotopic (exact) mass is 511 g/mol. The fourth-order valence-electron chi connectivity index (χ4n) is 6.46. The third kappa shape index (κ3) is 5.45. The molecule has 6 heteroatoms. The van der Waals surface area contributed by atoms with Crippen molar-refractivity contribution in [3.8, 4) is 11.5 Å². The molecule has 5 rings (SSSR count). The van der Waals surface area contributed by atoms with E-state index >= 15 is 0 Å². The number of quaternary nitrogens is 1. The number of halogens is 1. The smallest absolute Gasteiger partial charge is 0.161 e. The molecule has 1 saturated heterocycles. The molecule has 0 aromatic heterocycles. The summed E-state index contributed by atoms with van der Waals surface area (Å²) in [5, 5.41) is 0. The number of hydrogen-bond donors (Lipinski definition) is 0. The molecule has 4 aliphatic rings. The molecule has 5 nitrogen and oxygen atoms in total. The van der Waals surface area contributed by atoms with Crippen LogP contribution in [0.15, 0.2) is 18.2 Å². The average molecular weight is 513 g/mol. The Labute approximate surface area is 205 Å². The summed E-state index contributed by atoms with van der Waals surface area (Å²) in [4.78, 5) is 0. The summed E-state index contributed by atoms with van der Waals surface area (Å²) in [7, 11) is 3.38. The molecular weight excluding hydrogens is 470 g/mol. The largest absolute Gasteiger partial charge is 1.00 e. The maximum absolute atomic E-state index is 6.22. The van der Waals surface area contributed by atoms with Crippen molar-refractivity contribution in [2.45, 2.75) is 46.1 Å². The number of ether oxygens (including phenoxy) is 4. The van der Waals surface area contributed by atoms with Gasteiger partial charge >= 0.3 is 0 Å². The summed E-state index contributed by atoms with van der Waals surface area (Å²) < 4.78 is 23.8. The molecule has 3 unspecified atom stereocenters. The maximum Gasteiger partial charge on any atom is 0.161 e. The van der Waals surface area contributed by atoms with Crippen molar-refractivity contribution >= 4 is 0 Å². The van der Waals surface area contributed by atoms with Crippen LogP contribution < -0.4 is 26.5 Å². The minimum absolute atomic E-state index is 0. The van der Waals surface area contributed by atoms with Crippen molar-refractivity contribution in [2.75, 3.05) is 60.3 Å². The van der Waals surface area contributed by atoms with Crippen LogP contribution in [0, 0.1) is 23.2 Å². The molecule has 1 aromatic carbocycles. The summed E-state index contributed by atoms with van der Waals surface area (Å²) in [6.45, 7) is 12.5. The molecule has 0 amide bonds. The van der Waals surface area contributed by atoms with Crippen molar-refractivity contribution < 1.29 is 40.4 Å². The lowest BCUT2D eigenvalue weighted by Gasteiger charge is -2.60. The zero-order valence-corrected chi connectivity index (χ0v) is 22.0. The predicted molar refractivity (Wildman–Crippen MR) is 122 cm³/mol. The number of hydrogen-bond acceptors (Lipinski definition) is 4. The van der Waals surface area contributed by atoms with E-state index in [-0.39, 0.29) is 17.0 Å². The fourth-order valence-corrected chi connectivity index (χ4v) is 6.46. The van der Waals surface area contributed by atoms with Crippen molar-refractivity contribution in [1.82, 2.24) is 0 Å². The SMILES string of the molecule is COc1ccc(C[N+]2(CCOCCC3CCC4CC3C4(C)C)CCOCC2)cc1OC.[Br-]. The van der Waals surface area contributed by atoms with Crippen LogP contribution in [0.5, 0.6) is 11.5 Å². The van der Waals surface area contributed by atoms with Gasteiger partial charge in [0, 0.05) is 12.2 Å². The average Bonchev–Trinajstić information content (AvgIpc) is 2.79. The van der Waals surface area contributed by atoms with E-state index in [9.17, 15) is 0 Å². The Morgan fingerprint density at radius 1 is 1.03 bits per heavy atom. The number of rotatable bonds is 10. The van der Waals surface area contributed by atoms with Gasteiger partial charge in [-0.05, 0) is 67.1 Å². The van der Waals surface area contributed by atoms with Gasteiger partial charge in [0.15, 0.2) is 11.5 Å². The number of benzene rings is 1. The van der Waals surface area contributed by atoms with Crippen LogP contribution in [0.3, 0.4) is 0 Å². The molecule has 182 valence electrons. The summed E-state index contributed by atoms with van der Waals surface area (Å²) in [5.41, 5.74) is 1.86. The van der Waals surface area contributed by atoms with Crippen molar-refractivity contribution in [2.24, 2.45) is 23.2 Å². The molecule has 0 spiro atoms. The lowest BCUT2D eigenvalue weighted by Crippen LogP contribution is -3.00. The third-order valence-electron chi connectivity index (χ3n) is 8.73. The molecule has 1 aromatic rings. The van der Waals surface area contributed by atoms with Crippen LogP contribution in [0.25, 0.3) is 0 Å². The van der Waals surface area contributed by atoms with Crippen LogP contribution in [0.4, 0.5) is 0 Å². The Morgan fingerprint density at radius 3 is 2.44 bits per heavy atom. The molecule has 2 bridgehead atoms. The first-order valence-corrected chi connectivity index (χ1v) is 12.2. The molecule has 3 saturated carbocycles. The van der Waals surface area contributed by atoms with Gasteiger partial charge in [-0.3, -0.25) is 0 Å². The molecule has 0 radical (unpaired) electrons. The molecular formula is C26H42BrNO4. The first-order valence-electron chi connectivity index (χ1n) is 12.2. The quantitative estimate of drug-likeness (QED) is 0.352. The van der Waals surface area contributed by atoms with Crippen LogP contribution in [0.2, 0.25) is 0 Å². The molecule has 3 aliphatic carbocycles. The fraction of sp³-hybridized carbons (Fsp3) is 0.769. The van der Waals surface area contributed by atoms with Gasteiger partial charge in [0.25, 0.3) is 0 Å². The van der Waals surface area contributed by atoms with Gasteiger partial charge in [0.1, 0.15) is 26.2 Å². The zero-order chi connectivity index (χ0) is 21.9. The van der Waals surface area contributed by atoms with Crippen LogP contribution in [-0.4, -0.2) is 64.8 Å². The summed E-state index contributed by atoms with van der Waals surface area (Å²) in [6, 6.07) is 6.29. The van der Waals surface area contributed by atoms with Gasteiger partial charge in [-0.1, -0.05) is 13.8 Å². The van der Waals surface area contributed by atoms with E-state index in [1.54, 1.807) is 14.2 Å². The van der Waals surface area contributed by atoms with Gasteiger partial charge in [-0.15, -0.1) is 0 Å². The van der Waals surface area contributed by atoms with Crippen LogP contribution in [-0.2, 0) is 16.0 Å². The highest BCUT2D eigenvalue weighted by atomic mass is 79.9. The second kappa shape index (κ2) is 11.1. The van der Waals surface area contributed by atoms with E-state index in [1.165, 1.54) is 31.2 Å². The Bertz CT molecular complexity index is 733. The highest BCUT2D eigenvalue weighted by molar-refractivity contribution is 5.42. The number of methoxy groups -OCH3 is 2. The van der Waals surface area contributed by atoms with E-state index in [4.69, 9.17) is 18.9 Å². The van der Waals surface area contributed by atoms with E-state index < -0.39 is 0 Å². The van der Waals surface area contributed by atoms with E-state index in [0.717, 1.165) is 86.3 Å². The Kier molecular flexibility index (Phi) is 8.92. The van der Waals surface area contributed by atoms with Gasteiger partial charge < -0.3 is 40.4 Å². The number of nitrogens with zero attached hydrogens (tertiary/aromatic N) is 1. The van der Waals surface area contributed by atoms with Gasteiger partial charge in [-0.25, -0.2) is 0 Å². The molecule has 1 heterocycles. The maximum atomic E-state index is 6.22. The summed E-state index contributed by atoms with van der Waals surface area (Å²) in [5.74, 6) is 4.37. The minimum Gasteiger partial charge on any atom is -1.00 e. The van der Waals surface area contributed by atoms with E-state index in [1.807, 2.05) is 6.07 Å². The first-order chi connectivity index (χ1) is 15.0. The lowest BCUT2D eigenvalue weighted by atomic mass is 9.45. The predicted octanol–water partition coefficient (Wildman–Crippen LogP) is 1.53. The zero-order valence-electron chi connectivity index (χ0n) is 20.4. The summed E-state index contributed by atoms with van der Waals surface area (Å²) >= 11 is 0. The second-order valence-corrected chi connectivity index (χ2v) is 10.6. The second-order valence-electron chi connectivity index (χ2n) is 10.6. The van der Waals surface area contributed by atoms with Crippen LogP contribution >= 0.6 is 0 Å². The summed E-state index contributed by atoms with van der Waals surface area (Å²) in [6.07, 6.45) is 5.54. The lowest BCUT2D eigenvalue weighted by molar-refractivity contribution is -0.947. The molecule has 3 atom stereocenters.